The molecule has 0 unspecified atom stereocenters. The van der Waals surface area contributed by atoms with Crippen LogP contribution in [0.15, 0.2) is 28.6 Å². The van der Waals surface area contributed by atoms with Gasteiger partial charge in [-0.1, -0.05) is 6.07 Å². The van der Waals surface area contributed by atoms with E-state index < -0.39 is 10.0 Å². The minimum Gasteiger partial charge on any atom is -0.381 e. The van der Waals surface area contributed by atoms with Crippen molar-refractivity contribution in [2.24, 2.45) is 7.05 Å². The Morgan fingerprint density at radius 2 is 2.28 bits per heavy atom. The van der Waals surface area contributed by atoms with E-state index in [2.05, 4.69) is 5.10 Å². The number of nitrogen functional groups attached to an aromatic ring is 1. The largest absolute Gasteiger partial charge is 0.381 e. The van der Waals surface area contributed by atoms with E-state index in [1.165, 1.54) is 33.6 Å². The van der Waals surface area contributed by atoms with Crippen molar-refractivity contribution in [3.05, 3.63) is 28.6 Å². The third-order valence-corrected chi connectivity index (χ3v) is 5.15. The maximum absolute atomic E-state index is 12.3. The molecule has 0 bridgehead atoms. The molecule has 0 aliphatic rings. The molecule has 0 aliphatic carbocycles. The molecule has 2 aromatic rings. The number of aromatic nitrogens is 2. The van der Waals surface area contributed by atoms with Crippen LogP contribution in [0.2, 0.25) is 0 Å². The van der Waals surface area contributed by atoms with Crippen LogP contribution in [-0.2, 0) is 23.6 Å². The Balaban J connectivity index is 2.28. The molecule has 0 saturated carbocycles. The highest BCUT2D eigenvalue weighted by molar-refractivity contribution is 7.89. The van der Waals surface area contributed by atoms with E-state index in [9.17, 15) is 8.42 Å². The first kappa shape index (κ1) is 13.1. The Kier molecular flexibility index (Phi) is 3.42. The molecule has 2 rings (SSSR count). The van der Waals surface area contributed by atoms with E-state index in [0.717, 1.165) is 4.88 Å². The van der Waals surface area contributed by atoms with Gasteiger partial charge in [-0.05, 0) is 11.4 Å². The molecule has 0 spiro atoms. The van der Waals surface area contributed by atoms with Crippen LogP contribution in [0.1, 0.15) is 4.88 Å². The molecule has 0 atom stereocenters. The van der Waals surface area contributed by atoms with Crippen LogP contribution in [0.5, 0.6) is 0 Å². The molecule has 2 aromatic heterocycles. The first-order valence-corrected chi connectivity index (χ1v) is 7.51. The summed E-state index contributed by atoms with van der Waals surface area (Å²) >= 11 is 1.51. The number of hydrogen-bond donors (Lipinski definition) is 1. The fourth-order valence-electron chi connectivity index (χ4n) is 1.56. The lowest BCUT2D eigenvalue weighted by Crippen LogP contribution is -2.26. The Bertz CT molecular complexity index is 631. The summed E-state index contributed by atoms with van der Waals surface area (Å²) in [6.07, 6.45) is 1.41. The minimum atomic E-state index is -3.59. The fraction of sp³-hybridized carbons (Fsp3) is 0.300. The Hall–Kier alpha value is -1.38. The van der Waals surface area contributed by atoms with Crippen LogP contribution in [0.3, 0.4) is 0 Å². The van der Waals surface area contributed by atoms with Crippen molar-refractivity contribution in [2.45, 2.75) is 11.4 Å². The molecule has 6 nitrogen and oxygen atoms in total. The van der Waals surface area contributed by atoms with Crippen LogP contribution < -0.4 is 5.73 Å². The van der Waals surface area contributed by atoms with Gasteiger partial charge < -0.3 is 5.73 Å². The summed E-state index contributed by atoms with van der Waals surface area (Å²) in [5.41, 5.74) is 5.60. The molecule has 0 radical (unpaired) electrons. The first-order chi connectivity index (χ1) is 8.41. The van der Waals surface area contributed by atoms with Crippen molar-refractivity contribution >= 4 is 27.2 Å². The average Bonchev–Trinajstić information content (AvgIpc) is 2.88. The van der Waals surface area contributed by atoms with Crippen LogP contribution in [0, 0.1) is 0 Å². The summed E-state index contributed by atoms with van der Waals surface area (Å²) in [6, 6.07) is 3.78. The lowest BCUT2D eigenvalue weighted by atomic mass is 10.5. The molecule has 0 fully saturated rings. The Labute approximate surface area is 110 Å². The molecular weight excluding hydrogens is 272 g/mol. The van der Waals surface area contributed by atoms with Crippen molar-refractivity contribution < 1.29 is 8.42 Å². The summed E-state index contributed by atoms with van der Waals surface area (Å²) in [7, 11) is -0.430. The van der Waals surface area contributed by atoms with Crippen LogP contribution in [0.4, 0.5) is 5.82 Å². The highest BCUT2D eigenvalue weighted by atomic mass is 32.2. The summed E-state index contributed by atoms with van der Waals surface area (Å²) < 4.78 is 27.2. The highest BCUT2D eigenvalue weighted by Crippen LogP contribution is 2.22. The van der Waals surface area contributed by atoms with Gasteiger partial charge >= 0.3 is 0 Å². The number of aryl methyl sites for hydroxylation is 1. The summed E-state index contributed by atoms with van der Waals surface area (Å²) in [4.78, 5) is 1.02. The van der Waals surface area contributed by atoms with Gasteiger partial charge in [-0.2, -0.15) is 9.40 Å². The monoisotopic (exact) mass is 286 g/mol. The van der Waals surface area contributed by atoms with E-state index in [-0.39, 0.29) is 10.7 Å². The van der Waals surface area contributed by atoms with Gasteiger partial charge in [0.2, 0.25) is 10.0 Å². The van der Waals surface area contributed by atoms with E-state index in [1.54, 1.807) is 7.05 Å². The molecule has 0 amide bonds. The van der Waals surface area contributed by atoms with E-state index in [4.69, 9.17) is 5.73 Å². The fourth-order valence-corrected chi connectivity index (χ4v) is 3.63. The zero-order valence-electron chi connectivity index (χ0n) is 10.1. The maximum atomic E-state index is 12.3. The first-order valence-electron chi connectivity index (χ1n) is 5.19. The number of anilines is 1. The smallest absolute Gasteiger partial charge is 0.248 e. The second-order valence-corrected chi connectivity index (χ2v) is 6.94. The quantitative estimate of drug-likeness (QED) is 0.905. The molecule has 2 N–H and O–H groups in total. The molecule has 2 heterocycles. The standard InChI is InChI=1S/C10H14N4O2S2/c1-13-7-9(10(11)12-13)18(15,16)14(2)6-8-4-3-5-17-8/h3-5,7H,6H2,1-2H3,(H2,11,12). The third kappa shape index (κ3) is 2.40. The molecule has 0 aliphatic heterocycles. The van der Waals surface area contributed by atoms with Crippen molar-refractivity contribution in [1.82, 2.24) is 14.1 Å². The summed E-state index contributed by atoms with van der Waals surface area (Å²) in [6.45, 7) is 0.328. The van der Waals surface area contributed by atoms with Gasteiger partial charge in [0.25, 0.3) is 0 Å². The number of hydrogen-bond acceptors (Lipinski definition) is 5. The van der Waals surface area contributed by atoms with E-state index in [1.807, 2.05) is 17.5 Å². The van der Waals surface area contributed by atoms with Gasteiger partial charge in [-0.25, -0.2) is 8.42 Å². The number of sulfonamides is 1. The van der Waals surface area contributed by atoms with E-state index >= 15 is 0 Å². The van der Waals surface area contributed by atoms with Gasteiger partial charge in [0.1, 0.15) is 4.90 Å². The summed E-state index contributed by atoms with van der Waals surface area (Å²) in [5.74, 6) is 0.0236. The number of thiophene rings is 1. The molecule has 98 valence electrons. The SMILES string of the molecule is CN(Cc1cccs1)S(=O)(=O)c1cn(C)nc1N. The zero-order valence-corrected chi connectivity index (χ0v) is 11.7. The van der Waals surface area contributed by atoms with Gasteiger partial charge in [-0.3, -0.25) is 4.68 Å². The zero-order chi connectivity index (χ0) is 13.3. The molecular formula is C10H14N4O2S2. The van der Waals surface area contributed by atoms with Crippen LogP contribution in [-0.4, -0.2) is 29.6 Å². The number of nitrogens with zero attached hydrogens (tertiary/aromatic N) is 3. The highest BCUT2D eigenvalue weighted by Gasteiger charge is 2.25. The Morgan fingerprint density at radius 1 is 1.56 bits per heavy atom. The van der Waals surface area contributed by atoms with Gasteiger partial charge in [-0.15, -0.1) is 11.3 Å². The predicted octanol–water partition coefficient (Wildman–Crippen LogP) is 0.885. The van der Waals surface area contributed by atoms with Crippen LogP contribution in [0.25, 0.3) is 0 Å². The van der Waals surface area contributed by atoms with E-state index in [0.29, 0.717) is 6.54 Å². The molecule has 0 aromatic carbocycles. The van der Waals surface area contributed by atoms with Gasteiger partial charge in [0, 0.05) is 31.7 Å². The maximum Gasteiger partial charge on any atom is 0.248 e. The lowest BCUT2D eigenvalue weighted by molar-refractivity contribution is 0.470. The van der Waals surface area contributed by atoms with Crippen molar-refractivity contribution in [1.29, 1.82) is 0 Å². The lowest BCUT2D eigenvalue weighted by Gasteiger charge is -2.15. The summed E-state index contributed by atoms with van der Waals surface area (Å²) in [5, 5.41) is 5.76. The normalized spacial score (nSPS) is 12.2. The Morgan fingerprint density at radius 3 is 2.78 bits per heavy atom. The molecule has 8 heteroatoms. The number of rotatable bonds is 4. The second-order valence-electron chi connectivity index (χ2n) is 3.89. The second kappa shape index (κ2) is 4.71. The van der Waals surface area contributed by atoms with Gasteiger partial charge in [0.05, 0.1) is 0 Å². The molecule has 18 heavy (non-hydrogen) atoms. The van der Waals surface area contributed by atoms with Crippen molar-refractivity contribution in [3.8, 4) is 0 Å². The minimum absolute atomic E-state index is 0.0236. The van der Waals surface area contributed by atoms with Crippen LogP contribution >= 0.6 is 11.3 Å². The molecule has 0 saturated heterocycles. The third-order valence-electron chi connectivity index (χ3n) is 2.47. The average molecular weight is 286 g/mol. The number of nitrogens with two attached hydrogens (primary N) is 1. The van der Waals surface area contributed by atoms with Crippen molar-refractivity contribution in [3.63, 3.8) is 0 Å². The van der Waals surface area contributed by atoms with Crippen molar-refractivity contribution in [2.75, 3.05) is 12.8 Å². The van der Waals surface area contributed by atoms with Gasteiger partial charge in [0.15, 0.2) is 5.82 Å². The topological polar surface area (TPSA) is 81.2 Å². The predicted molar refractivity (Wildman–Crippen MR) is 70.6 cm³/mol.